The fraction of sp³-hybridized carbons (Fsp3) is 0.438. The minimum absolute atomic E-state index is 0.352. The molecule has 0 saturated heterocycles. The van der Waals surface area contributed by atoms with Crippen LogP contribution in [0, 0.1) is 5.92 Å². The third-order valence-corrected chi connectivity index (χ3v) is 3.86. The van der Waals surface area contributed by atoms with Crippen LogP contribution >= 0.6 is 11.6 Å². The van der Waals surface area contributed by atoms with Crippen LogP contribution in [0.3, 0.4) is 0 Å². The summed E-state index contributed by atoms with van der Waals surface area (Å²) in [5.41, 5.74) is 0. The van der Waals surface area contributed by atoms with E-state index in [0.29, 0.717) is 30.0 Å². The summed E-state index contributed by atoms with van der Waals surface area (Å²) in [7, 11) is 0. The van der Waals surface area contributed by atoms with E-state index < -0.39 is 6.10 Å². The number of fused-ring (bicyclic) bond motifs is 1. The quantitative estimate of drug-likeness (QED) is 0.772. The Kier molecular flexibility index (Phi) is 4.58. The molecule has 2 aromatic rings. The van der Waals surface area contributed by atoms with Crippen molar-refractivity contribution in [2.45, 2.75) is 18.9 Å². The second kappa shape index (κ2) is 6.60. The highest BCUT2D eigenvalue weighted by Gasteiger charge is 2.21. The molecule has 1 heterocycles. The van der Waals surface area contributed by atoms with Crippen molar-refractivity contribution >= 4 is 28.2 Å². The number of anilines is 1. The molecular formula is C16H19ClN2O2. The Morgan fingerprint density at radius 1 is 1.38 bits per heavy atom. The maximum Gasteiger partial charge on any atom is 0.139 e. The maximum absolute atomic E-state index is 9.88. The standard InChI is InChI=1S/C16H19ClN2O2/c17-16-14-4-2-1-3-12(14)7-15(19-16)18-8-13(20)10-21-9-11-5-6-11/h1-4,7,11,13,20H,5-6,8-10H2,(H,18,19). The molecule has 1 fully saturated rings. The van der Waals surface area contributed by atoms with Crippen LogP contribution in [-0.2, 0) is 4.74 Å². The molecule has 1 atom stereocenters. The summed E-state index contributed by atoms with van der Waals surface area (Å²) in [5.74, 6) is 1.38. The summed E-state index contributed by atoms with van der Waals surface area (Å²) in [6.07, 6.45) is 1.97. The molecule has 0 radical (unpaired) electrons. The van der Waals surface area contributed by atoms with Crippen LogP contribution in [0.4, 0.5) is 5.82 Å². The van der Waals surface area contributed by atoms with Gasteiger partial charge in [0, 0.05) is 18.5 Å². The van der Waals surface area contributed by atoms with Gasteiger partial charge in [-0.15, -0.1) is 0 Å². The van der Waals surface area contributed by atoms with E-state index in [0.717, 1.165) is 17.4 Å². The minimum atomic E-state index is -0.546. The number of benzene rings is 1. The highest BCUT2D eigenvalue weighted by molar-refractivity contribution is 6.34. The molecular weight excluding hydrogens is 288 g/mol. The molecule has 112 valence electrons. The zero-order valence-electron chi connectivity index (χ0n) is 11.8. The average Bonchev–Trinajstić information content (AvgIpc) is 3.29. The molecule has 1 unspecified atom stereocenters. The van der Waals surface area contributed by atoms with E-state index in [4.69, 9.17) is 16.3 Å². The molecule has 5 heteroatoms. The maximum atomic E-state index is 9.88. The van der Waals surface area contributed by atoms with E-state index in [-0.39, 0.29) is 0 Å². The van der Waals surface area contributed by atoms with Crippen molar-refractivity contribution in [3.63, 3.8) is 0 Å². The van der Waals surface area contributed by atoms with Gasteiger partial charge in [-0.3, -0.25) is 0 Å². The summed E-state index contributed by atoms with van der Waals surface area (Å²) in [4.78, 5) is 4.29. The fourth-order valence-corrected chi connectivity index (χ4v) is 2.45. The van der Waals surface area contributed by atoms with Gasteiger partial charge in [0.05, 0.1) is 12.7 Å². The second-order valence-corrected chi connectivity index (χ2v) is 5.89. The molecule has 1 saturated carbocycles. The molecule has 1 aliphatic rings. The van der Waals surface area contributed by atoms with E-state index in [1.54, 1.807) is 0 Å². The van der Waals surface area contributed by atoms with Crippen molar-refractivity contribution in [1.82, 2.24) is 4.98 Å². The number of halogens is 1. The van der Waals surface area contributed by atoms with Crippen LogP contribution in [0.5, 0.6) is 0 Å². The van der Waals surface area contributed by atoms with Gasteiger partial charge in [0.2, 0.25) is 0 Å². The van der Waals surface area contributed by atoms with Gasteiger partial charge in [0.25, 0.3) is 0 Å². The number of nitrogens with zero attached hydrogens (tertiary/aromatic N) is 1. The average molecular weight is 307 g/mol. The van der Waals surface area contributed by atoms with Gasteiger partial charge in [-0.05, 0) is 30.2 Å². The Bertz CT molecular complexity index is 616. The first-order chi connectivity index (χ1) is 10.2. The second-order valence-electron chi connectivity index (χ2n) is 5.53. The molecule has 0 spiro atoms. The fourth-order valence-electron chi connectivity index (χ4n) is 2.18. The van der Waals surface area contributed by atoms with E-state index in [1.807, 2.05) is 30.3 Å². The third-order valence-electron chi connectivity index (χ3n) is 3.57. The zero-order chi connectivity index (χ0) is 14.7. The summed E-state index contributed by atoms with van der Waals surface area (Å²) in [6.45, 7) is 1.51. The van der Waals surface area contributed by atoms with Gasteiger partial charge >= 0.3 is 0 Å². The number of aromatic nitrogens is 1. The number of nitrogens with one attached hydrogen (secondary N) is 1. The normalized spacial score (nSPS) is 16.1. The van der Waals surface area contributed by atoms with E-state index in [9.17, 15) is 5.11 Å². The van der Waals surface area contributed by atoms with Crippen molar-refractivity contribution in [2.24, 2.45) is 5.92 Å². The molecule has 21 heavy (non-hydrogen) atoms. The third kappa shape index (κ3) is 4.06. The van der Waals surface area contributed by atoms with Gasteiger partial charge < -0.3 is 15.2 Å². The van der Waals surface area contributed by atoms with Gasteiger partial charge in [0.1, 0.15) is 11.0 Å². The Morgan fingerprint density at radius 3 is 3.00 bits per heavy atom. The lowest BCUT2D eigenvalue weighted by Gasteiger charge is -2.13. The molecule has 3 rings (SSSR count). The Hall–Kier alpha value is -1.36. The van der Waals surface area contributed by atoms with E-state index in [1.165, 1.54) is 12.8 Å². The summed E-state index contributed by atoms with van der Waals surface area (Å²) in [5, 5.41) is 15.4. The molecule has 1 aliphatic carbocycles. The topological polar surface area (TPSA) is 54.4 Å². The number of pyridine rings is 1. The SMILES string of the molecule is OC(CNc1cc2ccccc2c(Cl)n1)COCC1CC1. The smallest absolute Gasteiger partial charge is 0.139 e. The first-order valence-electron chi connectivity index (χ1n) is 7.27. The largest absolute Gasteiger partial charge is 0.389 e. The number of aliphatic hydroxyl groups is 1. The number of rotatable bonds is 7. The Morgan fingerprint density at radius 2 is 2.19 bits per heavy atom. The lowest BCUT2D eigenvalue weighted by atomic mass is 10.2. The summed E-state index contributed by atoms with van der Waals surface area (Å²) < 4.78 is 5.47. The first kappa shape index (κ1) is 14.6. The monoisotopic (exact) mass is 306 g/mol. The Labute approximate surface area is 129 Å². The number of hydrogen-bond acceptors (Lipinski definition) is 4. The number of aliphatic hydroxyl groups excluding tert-OH is 1. The molecule has 4 nitrogen and oxygen atoms in total. The van der Waals surface area contributed by atoms with Gasteiger partial charge in [-0.2, -0.15) is 0 Å². The molecule has 2 N–H and O–H groups in total. The van der Waals surface area contributed by atoms with Crippen LogP contribution in [0.15, 0.2) is 30.3 Å². The van der Waals surface area contributed by atoms with Crippen molar-refractivity contribution < 1.29 is 9.84 Å². The highest BCUT2D eigenvalue weighted by Crippen LogP contribution is 2.28. The van der Waals surface area contributed by atoms with Crippen LogP contribution in [0.2, 0.25) is 5.15 Å². The van der Waals surface area contributed by atoms with Crippen molar-refractivity contribution in [3.05, 3.63) is 35.5 Å². The van der Waals surface area contributed by atoms with Gasteiger partial charge in [-0.25, -0.2) is 4.98 Å². The van der Waals surface area contributed by atoms with Crippen LogP contribution < -0.4 is 5.32 Å². The predicted molar refractivity (Wildman–Crippen MR) is 84.8 cm³/mol. The number of hydrogen-bond donors (Lipinski definition) is 2. The first-order valence-corrected chi connectivity index (χ1v) is 7.65. The lowest BCUT2D eigenvalue weighted by molar-refractivity contribution is 0.0386. The molecule has 1 aromatic heterocycles. The molecule has 0 bridgehead atoms. The van der Waals surface area contributed by atoms with Crippen molar-refractivity contribution in [3.8, 4) is 0 Å². The molecule has 0 amide bonds. The summed E-state index contributed by atoms with van der Waals surface area (Å²) >= 11 is 6.16. The molecule has 1 aromatic carbocycles. The van der Waals surface area contributed by atoms with Crippen LogP contribution in [0.1, 0.15) is 12.8 Å². The highest BCUT2D eigenvalue weighted by atomic mass is 35.5. The van der Waals surface area contributed by atoms with E-state index >= 15 is 0 Å². The number of ether oxygens (including phenoxy) is 1. The van der Waals surface area contributed by atoms with Crippen LogP contribution in [-0.4, -0.2) is 36.0 Å². The minimum Gasteiger partial charge on any atom is -0.389 e. The van der Waals surface area contributed by atoms with Crippen molar-refractivity contribution in [1.29, 1.82) is 0 Å². The van der Waals surface area contributed by atoms with Gasteiger partial charge in [0.15, 0.2) is 0 Å². The zero-order valence-corrected chi connectivity index (χ0v) is 12.5. The van der Waals surface area contributed by atoms with E-state index in [2.05, 4.69) is 10.3 Å². The Balaban J connectivity index is 1.54. The summed E-state index contributed by atoms with van der Waals surface area (Å²) in [6, 6.07) is 9.75. The molecule has 0 aliphatic heterocycles. The predicted octanol–water partition coefficient (Wildman–Crippen LogP) is 3.09. The lowest BCUT2D eigenvalue weighted by Crippen LogP contribution is -2.25. The van der Waals surface area contributed by atoms with Gasteiger partial charge in [-0.1, -0.05) is 35.9 Å². The van der Waals surface area contributed by atoms with Crippen LogP contribution in [0.25, 0.3) is 10.8 Å². The van der Waals surface area contributed by atoms with Crippen molar-refractivity contribution in [2.75, 3.05) is 25.1 Å².